The minimum atomic E-state index is -0.762. The normalized spacial score (nSPS) is 15.6. The van der Waals surface area contributed by atoms with Crippen molar-refractivity contribution in [3.63, 3.8) is 0 Å². The molecular weight excluding hydrogens is 418 g/mol. The molecule has 4 rings (SSSR count). The Balaban J connectivity index is 1.72. The van der Waals surface area contributed by atoms with Gasteiger partial charge < -0.3 is 9.47 Å². The molecule has 0 spiro atoms. The quantitative estimate of drug-likeness (QED) is 0.389. The number of benzene rings is 2. The van der Waals surface area contributed by atoms with Crippen LogP contribution < -0.4 is 10.3 Å². The van der Waals surface area contributed by atoms with E-state index in [1.54, 1.807) is 32.2 Å². The average molecular weight is 448 g/mol. The molecule has 7 heteroatoms. The first-order valence-corrected chi connectivity index (χ1v) is 11.6. The molecule has 1 saturated carbocycles. The van der Waals surface area contributed by atoms with Gasteiger partial charge in [-0.25, -0.2) is 9.78 Å². The summed E-state index contributed by atoms with van der Waals surface area (Å²) < 4.78 is 12.3. The summed E-state index contributed by atoms with van der Waals surface area (Å²) in [5, 5.41) is 5.11. The molecule has 172 valence electrons. The lowest BCUT2D eigenvalue weighted by atomic mass is 9.88. The molecule has 33 heavy (non-hydrogen) atoms. The van der Waals surface area contributed by atoms with Gasteiger partial charge in [0.25, 0.3) is 5.56 Å². The van der Waals surface area contributed by atoms with Crippen LogP contribution in [0.15, 0.2) is 58.4 Å². The van der Waals surface area contributed by atoms with Crippen LogP contribution in [0.3, 0.4) is 0 Å². The Kier molecular flexibility index (Phi) is 7.17. The molecule has 7 nitrogen and oxygen atoms in total. The highest BCUT2D eigenvalue weighted by Crippen LogP contribution is 2.31. The monoisotopic (exact) mass is 447 g/mol. The van der Waals surface area contributed by atoms with Gasteiger partial charge in [-0.15, -0.1) is 0 Å². The molecule has 0 aliphatic heterocycles. The molecule has 1 aromatic heterocycles. The summed E-state index contributed by atoms with van der Waals surface area (Å²) in [6.07, 6.45) is 6.29. The van der Waals surface area contributed by atoms with Crippen LogP contribution in [0.25, 0.3) is 10.9 Å². The number of aromatic nitrogens is 2. The van der Waals surface area contributed by atoms with Crippen LogP contribution in [-0.4, -0.2) is 34.6 Å². The van der Waals surface area contributed by atoms with Gasteiger partial charge >= 0.3 is 5.97 Å². The van der Waals surface area contributed by atoms with Crippen LogP contribution >= 0.6 is 0 Å². The highest BCUT2D eigenvalue weighted by atomic mass is 16.6. The Morgan fingerprint density at radius 2 is 1.88 bits per heavy atom. The van der Waals surface area contributed by atoms with Crippen LogP contribution in [0.2, 0.25) is 0 Å². The Morgan fingerprint density at radius 3 is 2.67 bits per heavy atom. The minimum absolute atomic E-state index is 0.185. The number of fused-ring (bicyclic) bond motifs is 1. The molecule has 0 unspecified atom stereocenters. The maximum Gasteiger partial charge on any atom is 0.347 e. The van der Waals surface area contributed by atoms with E-state index in [2.05, 4.69) is 5.10 Å². The summed E-state index contributed by atoms with van der Waals surface area (Å²) in [6.45, 7) is 3.69. The molecule has 1 fully saturated rings. The first kappa shape index (κ1) is 22.7. The maximum absolute atomic E-state index is 13.4. The SMILES string of the molecule is CCOC(=O)[C@H](C)Oc1ccccc1C=Nn1c(C2CCCCC2)nc2ccccc2c1=O. The van der Waals surface area contributed by atoms with Crippen molar-refractivity contribution in [2.24, 2.45) is 5.10 Å². The van der Waals surface area contributed by atoms with Crippen molar-refractivity contribution in [3.05, 3.63) is 70.3 Å². The summed E-state index contributed by atoms with van der Waals surface area (Å²) in [4.78, 5) is 30.2. The van der Waals surface area contributed by atoms with E-state index in [1.807, 2.05) is 36.4 Å². The maximum atomic E-state index is 13.4. The summed E-state index contributed by atoms with van der Waals surface area (Å²) in [5.74, 6) is 0.957. The van der Waals surface area contributed by atoms with E-state index < -0.39 is 12.1 Å². The number of nitrogens with zero attached hydrogens (tertiary/aromatic N) is 3. The zero-order chi connectivity index (χ0) is 23.2. The predicted octanol–water partition coefficient (Wildman–Crippen LogP) is 4.66. The highest BCUT2D eigenvalue weighted by molar-refractivity contribution is 5.84. The smallest absolute Gasteiger partial charge is 0.347 e. The predicted molar refractivity (Wildman–Crippen MR) is 128 cm³/mol. The van der Waals surface area contributed by atoms with Crippen LogP contribution in [0.5, 0.6) is 5.75 Å². The second kappa shape index (κ2) is 10.4. The van der Waals surface area contributed by atoms with E-state index in [0.717, 1.165) is 25.7 Å². The fraction of sp³-hybridized carbons (Fsp3) is 0.385. The molecule has 0 saturated heterocycles. The molecule has 1 aliphatic carbocycles. The molecule has 0 bridgehead atoms. The Labute approximate surface area is 193 Å². The van der Waals surface area contributed by atoms with E-state index in [-0.39, 0.29) is 18.1 Å². The van der Waals surface area contributed by atoms with E-state index in [0.29, 0.717) is 28.0 Å². The van der Waals surface area contributed by atoms with Crippen LogP contribution in [0.4, 0.5) is 0 Å². The largest absolute Gasteiger partial charge is 0.478 e. The van der Waals surface area contributed by atoms with Gasteiger partial charge in [-0.2, -0.15) is 9.78 Å². The van der Waals surface area contributed by atoms with Gasteiger partial charge in [0.1, 0.15) is 11.6 Å². The third-order valence-electron chi connectivity index (χ3n) is 5.90. The van der Waals surface area contributed by atoms with Crippen molar-refractivity contribution in [2.45, 2.75) is 58.0 Å². The molecular formula is C26H29N3O4. The zero-order valence-electron chi connectivity index (χ0n) is 19.1. The summed E-state index contributed by atoms with van der Waals surface area (Å²) in [6, 6.07) is 14.6. The molecule has 2 aromatic carbocycles. The van der Waals surface area contributed by atoms with Crippen LogP contribution in [-0.2, 0) is 9.53 Å². The number of carbonyl (C=O) groups is 1. The van der Waals surface area contributed by atoms with Crippen molar-refractivity contribution < 1.29 is 14.3 Å². The fourth-order valence-corrected chi connectivity index (χ4v) is 4.19. The number of hydrogen-bond donors (Lipinski definition) is 0. The van der Waals surface area contributed by atoms with E-state index in [9.17, 15) is 9.59 Å². The van der Waals surface area contributed by atoms with E-state index in [4.69, 9.17) is 14.5 Å². The molecule has 0 N–H and O–H groups in total. The van der Waals surface area contributed by atoms with E-state index >= 15 is 0 Å². The Hall–Kier alpha value is -3.48. The van der Waals surface area contributed by atoms with E-state index in [1.165, 1.54) is 11.1 Å². The molecule has 3 aromatic rings. The van der Waals surface area contributed by atoms with Crippen molar-refractivity contribution in [1.82, 2.24) is 9.66 Å². The molecule has 0 amide bonds. The zero-order valence-corrected chi connectivity index (χ0v) is 19.1. The lowest BCUT2D eigenvalue weighted by Crippen LogP contribution is -2.26. The number of carbonyl (C=O) groups excluding carboxylic acids is 1. The molecule has 1 aliphatic rings. The lowest BCUT2D eigenvalue weighted by Gasteiger charge is -2.22. The molecule has 0 radical (unpaired) electrons. The van der Waals surface area contributed by atoms with Gasteiger partial charge in [-0.3, -0.25) is 4.79 Å². The second-order valence-corrected chi connectivity index (χ2v) is 8.23. The fourth-order valence-electron chi connectivity index (χ4n) is 4.19. The first-order valence-electron chi connectivity index (χ1n) is 11.6. The Morgan fingerprint density at radius 1 is 1.15 bits per heavy atom. The number of rotatable bonds is 7. The van der Waals surface area contributed by atoms with Gasteiger partial charge in [0, 0.05) is 11.5 Å². The van der Waals surface area contributed by atoms with Crippen LogP contribution in [0.1, 0.15) is 63.3 Å². The third-order valence-corrected chi connectivity index (χ3v) is 5.90. The van der Waals surface area contributed by atoms with Crippen molar-refractivity contribution >= 4 is 23.1 Å². The molecule has 1 atom stereocenters. The lowest BCUT2D eigenvalue weighted by molar-refractivity contribution is -0.150. The summed E-state index contributed by atoms with van der Waals surface area (Å²) in [5.41, 5.74) is 1.17. The van der Waals surface area contributed by atoms with Gasteiger partial charge in [0.2, 0.25) is 0 Å². The van der Waals surface area contributed by atoms with Crippen molar-refractivity contribution in [3.8, 4) is 5.75 Å². The van der Waals surface area contributed by atoms with Crippen molar-refractivity contribution in [2.75, 3.05) is 6.61 Å². The summed E-state index contributed by atoms with van der Waals surface area (Å²) >= 11 is 0. The summed E-state index contributed by atoms with van der Waals surface area (Å²) in [7, 11) is 0. The number of hydrogen-bond acceptors (Lipinski definition) is 6. The number of ether oxygens (including phenoxy) is 2. The van der Waals surface area contributed by atoms with Gasteiger partial charge in [0.05, 0.1) is 23.7 Å². The van der Waals surface area contributed by atoms with Gasteiger partial charge in [-0.05, 0) is 51.0 Å². The van der Waals surface area contributed by atoms with Crippen LogP contribution in [0, 0.1) is 0 Å². The van der Waals surface area contributed by atoms with Gasteiger partial charge in [0.15, 0.2) is 6.10 Å². The Bertz CT molecular complexity index is 1210. The first-order chi connectivity index (χ1) is 16.1. The van der Waals surface area contributed by atoms with Gasteiger partial charge in [-0.1, -0.05) is 43.5 Å². The standard InChI is InChI=1S/C26H29N3O4/c1-3-32-26(31)18(2)33-23-16-10-7-13-20(23)17-27-29-24(19-11-5-4-6-12-19)28-22-15-9-8-14-21(22)25(29)30/h7-10,13-19H,3-6,11-12H2,1-2H3/t18-/m0/s1. The topological polar surface area (TPSA) is 82.8 Å². The second-order valence-electron chi connectivity index (χ2n) is 8.23. The average Bonchev–Trinajstić information content (AvgIpc) is 2.85. The number of esters is 1. The van der Waals surface area contributed by atoms with Crippen molar-refractivity contribution in [1.29, 1.82) is 0 Å². The minimum Gasteiger partial charge on any atom is -0.478 e. The third kappa shape index (κ3) is 5.13. The highest BCUT2D eigenvalue weighted by Gasteiger charge is 2.22. The molecule has 1 heterocycles. The number of para-hydroxylation sites is 2.